The van der Waals surface area contributed by atoms with Crippen molar-refractivity contribution in [2.45, 2.75) is 0 Å². The molecule has 7 nitrogen and oxygen atoms in total. The summed E-state index contributed by atoms with van der Waals surface area (Å²) in [5.74, 6) is 0.725. The topological polar surface area (TPSA) is 88.7 Å². The molecule has 0 fully saturated rings. The van der Waals surface area contributed by atoms with Crippen LogP contribution in [-0.4, -0.2) is 37.2 Å². The zero-order chi connectivity index (χ0) is 22.8. The van der Waals surface area contributed by atoms with Crippen molar-refractivity contribution in [2.24, 2.45) is 0 Å². The summed E-state index contributed by atoms with van der Waals surface area (Å²) in [4.78, 5) is 24.3. The third-order valence-corrected chi connectivity index (χ3v) is 4.50. The molecule has 3 N–H and O–H groups in total. The molecule has 0 bridgehead atoms. The highest BCUT2D eigenvalue weighted by atomic mass is 32.1. The van der Waals surface area contributed by atoms with Gasteiger partial charge in [0.1, 0.15) is 24.7 Å². The quantitative estimate of drug-likeness (QED) is 0.360. The third-order valence-electron chi connectivity index (χ3n) is 4.30. The highest BCUT2D eigenvalue weighted by molar-refractivity contribution is 7.80. The molecule has 0 radical (unpaired) electrons. The number of benzene rings is 3. The van der Waals surface area contributed by atoms with Crippen molar-refractivity contribution in [1.29, 1.82) is 0 Å². The standard InChI is InChI=1S/C24H23N3O4S/c1-25-22(28)17-7-5-9-19(15-17)26-24(32)27-23(29)18-8-6-12-21(16-18)31-14-13-30-20-10-3-2-4-11-20/h2-12,15-16H,13-14H2,1H3,(H,25,28)(H2,26,27,29,32). The van der Waals surface area contributed by atoms with Crippen molar-refractivity contribution in [3.8, 4) is 11.5 Å². The predicted octanol–water partition coefficient (Wildman–Crippen LogP) is 3.63. The molecule has 0 spiro atoms. The highest BCUT2D eigenvalue weighted by Gasteiger charge is 2.10. The zero-order valence-corrected chi connectivity index (χ0v) is 18.3. The van der Waals surface area contributed by atoms with Gasteiger partial charge in [-0.15, -0.1) is 0 Å². The number of carbonyl (C=O) groups is 2. The summed E-state index contributed by atoms with van der Waals surface area (Å²) in [6, 6.07) is 23.0. The maximum atomic E-state index is 12.6. The van der Waals surface area contributed by atoms with Crippen molar-refractivity contribution < 1.29 is 19.1 Å². The van der Waals surface area contributed by atoms with E-state index in [1.54, 1.807) is 55.6 Å². The lowest BCUT2D eigenvalue weighted by molar-refractivity contribution is 0.0959. The lowest BCUT2D eigenvalue weighted by Gasteiger charge is -2.12. The monoisotopic (exact) mass is 449 g/mol. The number of amides is 2. The number of thiocarbonyl (C=S) groups is 1. The number of rotatable bonds is 8. The number of anilines is 1. The van der Waals surface area contributed by atoms with Gasteiger partial charge in [-0.3, -0.25) is 14.9 Å². The molecular weight excluding hydrogens is 426 g/mol. The SMILES string of the molecule is CNC(=O)c1cccc(NC(=S)NC(=O)c2cccc(OCCOc3ccccc3)c2)c1. The molecule has 0 aromatic heterocycles. The lowest BCUT2D eigenvalue weighted by atomic mass is 10.2. The molecule has 0 saturated carbocycles. The van der Waals surface area contributed by atoms with Crippen molar-refractivity contribution in [1.82, 2.24) is 10.6 Å². The Morgan fingerprint density at radius 1 is 0.781 bits per heavy atom. The van der Waals surface area contributed by atoms with Crippen LogP contribution in [-0.2, 0) is 0 Å². The van der Waals surface area contributed by atoms with Crippen molar-refractivity contribution in [3.63, 3.8) is 0 Å². The molecule has 3 aromatic carbocycles. The molecule has 0 aliphatic heterocycles. The van der Waals surface area contributed by atoms with Crippen molar-refractivity contribution in [2.75, 3.05) is 25.6 Å². The first kappa shape index (κ1) is 22.8. The number of hydrogen-bond acceptors (Lipinski definition) is 5. The summed E-state index contributed by atoms with van der Waals surface area (Å²) in [6.45, 7) is 0.713. The molecule has 3 aromatic rings. The first-order chi connectivity index (χ1) is 15.5. The Balaban J connectivity index is 1.50. The normalized spacial score (nSPS) is 10.0. The Morgan fingerprint density at radius 3 is 2.12 bits per heavy atom. The molecule has 0 aliphatic rings. The van der Waals surface area contributed by atoms with Gasteiger partial charge < -0.3 is 20.1 Å². The fraction of sp³-hybridized carbons (Fsp3) is 0.125. The van der Waals surface area contributed by atoms with Crippen LogP contribution < -0.4 is 25.4 Å². The number of nitrogens with one attached hydrogen (secondary N) is 3. The van der Waals surface area contributed by atoms with Gasteiger partial charge in [0.15, 0.2) is 5.11 Å². The van der Waals surface area contributed by atoms with Crippen LogP contribution >= 0.6 is 12.2 Å². The summed E-state index contributed by atoms with van der Waals surface area (Å²) in [7, 11) is 1.56. The summed E-state index contributed by atoms with van der Waals surface area (Å²) in [5.41, 5.74) is 1.47. The van der Waals surface area contributed by atoms with Crippen LogP contribution in [0.15, 0.2) is 78.9 Å². The van der Waals surface area contributed by atoms with E-state index < -0.39 is 0 Å². The van der Waals surface area contributed by atoms with E-state index in [-0.39, 0.29) is 16.9 Å². The molecule has 32 heavy (non-hydrogen) atoms. The molecule has 0 saturated heterocycles. The predicted molar refractivity (Wildman–Crippen MR) is 127 cm³/mol. The zero-order valence-electron chi connectivity index (χ0n) is 17.5. The first-order valence-corrected chi connectivity index (χ1v) is 10.3. The average molecular weight is 450 g/mol. The summed E-state index contributed by atoms with van der Waals surface area (Å²) >= 11 is 5.22. The van der Waals surface area contributed by atoms with Crippen LogP contribution in [0.3, 0.4) is 0 Å². The van der Waals surface area contributed by atoms with E-state index in [1.165, 1.54) is 0 Å². The van der Waals surface area contributed by atoms with Gasteiger partial charge in [0.05, 0.1) is 0 Å². The van der Waals surface area contributed by atoms with Crippen molar-refractivity contribution >= 4 is 34.8 Å². The fourth-order valence-corrected chi connectivity index (χ4v) is 2.99. The van der Waals surface area contributed by atoms with Gasteiger partial charge in [-0.2, -0.15) is 0 Å². The van der Waals surface area contributed by atoms with E-state index in [0.717, 1.165) is 5.75 Å². The van der Waals surface area contributed by atoms with E-state index >= 15 is 0 Å². The number of para-hydroxylation sites is 1. The Bertz CT molecular complexity index is 1090. The van der Waals surface area contributed by atoms with Gasteiger partial charge in [-0.25, -0.2) is 0 Å². The van der Waals surface area contributed by atoms with Gasteiger partial charge in [-0.05, 0) is 60.7 Å². The van der Waals surface area contributed by atoms with Gasteiger partial charge >= 0.3 is 0 Å². The first-order valence-electron chi connectivity index (χ1n) is 9.90. The molecule has 3 rings (SSSR count). The summed E-state index contributed by atoms with van der Waals surface area (Å²) in [5, 5.41) is 8.21. The number of carbonyl (C=O) groups excluding carboxylic acids is 2. The largest absolute Gasteiger partial charge is 0.490 e. The smallest absolute Gasteiger partial charge is 0.257 e. The Labute approximate surface area is 191 Å². The number of hydrogen-bond donors (Lipinski definition) is 3. The molecule has 0 atom stereocenters. The summed E-state index contributed by atoms with van der Waals surface area (Å²) < 4.78 is 11.3. The molecule has 0 aliphatic carbocycles. The van der Waals surface area contributed by atoms with Crippen LogP contribution in [0.5, 0.6) is 11.5 Å². The Hall–Kier alpha value is -3.91. The minimum atomic E-state index is -0.379. The second kappa shape index (κ2) is 11.5. The molecule has 0 unspecified atom stereocenters. The second-order valence-electron chi connectivity index (χ2n) is 6.61. The fourth-order valence-electron chi connectivity index (χ4n) is 2.78. The van der Waals surface area contributed by atoms with Crippen LogP contribution in [0.25, 0.3) is 0 Å². The maximum Gasteiger partial charge on any atom is 0.257 e. The molecule has 0 heterocycles. The van der Waals surface area contributed by atoms with Crippen molar-refractivity contribution in [3.05, 3.63) is 90.0 Å². The summed E-state index contributed by atoms with van der Waals surface area (Å²) in [6.07, 6.45) is 0. The lowest BCUT2D eigenvalue weighted by Crippen LogP contribution is -2.34. The molecule has 164 valence electrons. The van der Waals surface area contributed by atoms with Gasteiger partial charge in [0, 0.05) is 23.9 Å². The van der Waals surface area contributed by atoms with Gasteiger partial charge in [0.25, 0.3) is 11.8 Å². The Morgan fingerprint density at radius 2 is 1.41 bits per heavy atom. The maximum absolute atomic E-state index is 12.6. The van der Waals surface area contributed by atoms with Crippen LogP contribution in [0, 0.1) is 0 Å². The van der Waals surface area contributed by atoms with E-state index in [0.29, 0.717) is 35.8 Å². The van der Waals surface area contributed by atoms with E-state index in [9.17, 15) is 9.59 Å². The molecular formula is C24H23N3O4S. The van der Waals surface area contributed by atoms with E-state index in [4.69, 9.17) is 21.7 Å². The molecule has 2 amide bonds. The van der Waals surface area contributed by atoms with Crippen LogP contribution in [0.2, 0.25) is 0 Å². The minimum absolute atomic E-state index is 0.117. The Kier molecular flexibility index (Phi) is 8.16. The van der Waals surface area contributed by atoms with Gasteiger partial charge in [-0.1, -0.05) is 30.3 Å². The number of ether oxygens (including phenoxy) is 2. The highest BCUT2D eigenvalue weighted by Crippen LogP contribution is 2.15. The van der Waals surface area contributed by atoms with E-state index in [1.807, 2.05) is 30.3 Å². The second-order valence-corrected chi connectivity index (χ2v) is 7.01. The molecule has 8 heteroatoms. The third kappa shape index (κ3) is 6.82. The van der Waals surface area contributed by atoms with Crippen LogP contribution in [0.1, 0.15) is 20.7 Å². The van der Waals surface area contributed by atoms with Gasteiger partial charge in [0.2, 0.25) is 0 Å². The van der Waals surface area contributed by atoms with E-state index in [2.05, 4.69) is 16.0 Å². The average Bonchev–Trinajstić information content (AvgIpc) is 2.82. The van der Waals surface area contributed by atoms with Crippen LogP contribution in [0.4, 0.5) is 5.69 Å². The minimum Gasteiger partial charge on any atom is -0.490 e.